The van der Waals surface area contributed by atoms with Crippen LogP contribution in [0.4, 0.5) is 5.69 Å². The van der Waals surface area contributed by atoms with Crippen molar-refractivity contribution in [2.75, 3.05) is 5.32 Å². The van der Waals surface area contributed by atoms with E-state index in [4.69, 9.17) is 16.7 Å². The van der Waals surface area contributed by atoms with Crippen LogP contribution in [0.25, 0.3) is 22.2 Å². The number of hydrogen-bond donors (Lipinski definition) is 1. The van der Waals surface area contributed by atoms with Crippen molar-refractivity contribution in [1.82, 2.24) is 9.78 Å². The highest BCUT2D eigenvalue weighted by Crippen LogP contribution is 2.32. The fraction of sp³-hybridized carbons (Fsp3) is 0.200. The first-order valence-electron chi connectivity index (χ1n) is 9.97. The molecule has 30 heavy (non-hydrogen) atoms. The Kier molecular flexibility index (Phi) is 5.35. The van der Waals surface area contributed by atoms with Crippen LogP contribution in [0.2, 0.25) is 5.02 Å². The van der Waals surface area contributed by atoms with E-state index in [1.54, 1.807) is 4.68 Å². The van der Waals surface area contributed by atoms with E-state index in [2.05, 4.69) is 24.4 Å². The van der Waals surface area contributed by atoms with Gasteiger partial charge in [-0.05, 0) is 57.0 Å². The summed E-state index contributed by atoms with van der Waals surface area (Å²) in [6.07, 6.45) is 0. The van der Waals surface area contributed by atoms with Gasteiger partial charge in [-0.1, -0.05) is 59.6 Å². The first-order chi connectivity index (χ1) is 14.3. The molecule has 4 nitrogen and oxygen atoms in total. The third kappa shape index (κ3) is 3.71. The van der Waals surface area contributed by atoms with Gasteiger partial charge >= 0.3 is 0 Å². The average Bonchev–Trinajstić information content (AvgIpc) is 3.09. The van der Waals surface area contributed by atoms with E-state index in [0.29, 0.717) is 5.02 Å². The summed E-state index contributed by atoms with van der Waals surface area (Å²) >= 11 is 6.27. The number of nitrogens with one attached hydrogen (secondary N) is 1. The summed E-state index contributed by atoms with van der Waals surface area (Å²) in [6.45, 7) is 7.95. The second-order valence-corrected chi connectivity index (χ2v) is 8.20. The van der Waals surface area contributed by atoms with Crippen LogP contribution in [0.1, 0.15) is 29.7 Å². The Balaban J connectivity index is 1.75. The number of hydrogen-bond acceptors (Lipinski definition) is 2. The van der Waals surface area contributed by atoms with Gasteiger partial charge in [-0.15, -0.1) is 0 Å². The van der Waals surface area contributed by atoms with Crippen molar-refractivity contribution in [3.05, 3.63) is 82.4 Å². The fourth-order valence-electron chi connectivity index (χ4n) is 3.93. The Bertz CT molecular complexity index is 1220. The molecule has 1 amide bonds. The average molecular weight is 418 g/mol. The summed E-state index contributed by atoms with van der Waals surface area (Å²) in [5.41, 5.74) is 6.82. The summed E-state index contributed by atoms with van der Waals surface area (Å²) < 4.78 is 1.78. The number of nitrogens with zero attached hydrogens (tertiary/aromatic N) is 2. The summed E-state index contributed by atoms with van der Waals surface area (Å²) in [4.78, 5) is 13.2. The predicted molar refractivity (Wildman–Crippen MR) is 124 cm³/mol. The van der Waals surface area contributed by atoms with Gasteiger partial charge < -0.3 is 5.32 Å². The molecule has 152 valence electrons. The number of aromatic nitrogens is 2. The number of benzene rings is 3. The number of carbonyl (C=O) groups excluding carboxylic acids is 1. The van der Waals surface area contributed by atoms with Crippen LogP contribution in [0.15, 0.2) is 60.7 Å². The SMILES string of the molecule is Cc1cc(C)c(NC(=O)[C@H](C)n2nc(-c3ccccc3)c3cc(Cl)ccc32)c(C)c1. The topological polar surface area (TPSA) is 46.9 Å². The van der Waals surface area contributed by atoms with Crippen molar-refractivity contribution in [1.29, 1.82) is 0 Å². The molecule has 1 atom stereocenters. The molecule has 3 aromatic carbocycles. The Morgan fingerprint density at radius 1 is 1.00 bits per heavy atom. The molecule has 1 N–H and O–H groups in total. The molecular weight excluding hydrogens is 394 g/mol. The molecule has 0 saturated heterocycles. The van der Waals surface area contributed by atoms with E-state index < -0.39 is 6.04 Å². The van der Waals surface area contributed by atoms with Crippen LogP contribution in [-0.2, 0) is 4.79 Å². The summed E-state index contributed by atoms with van der Waals surface area (Å²) in [5.74, 6) is -0.107. The largest absolute Gasteiger partial charge is 0.324 e. The maximum Gasteiger partial charge on any atom is 0.248 e. The summed E-state index contributed by atoms with van der Waals surface area (Å²) in [7, 11) is 0. The molecule has 0 aliphatic rings. The predicted octanol–water partition coefficient (Wildman–Crippen LogP) is 6.48. The molecule has 5 heteroatoms. The number of anilines is 1. The number of fused-ring (bicyclic) bond motifs is 1. The van der Waals surface area contributed by atoms with Crippen molar-refractivity contribution in [3.63, 3.8) is 0 Å². The van der Waals surface area contributed by atoms with Gasteiger partial charge in [-0.25, -0.2) is 0 Å². The first-order valence-corrected chi connectivity index (χ1v) is 10.3. The molecule has 0 aliphatic heterocycles. The third-order valence-corrected chi connectivity index (χ3v) is 5.62. The molecule has 4 aromatic rings. The molecule has 1 heterocycles. The van der Waals surface area contributed by atoms with Gasteiger partial charge in [0.25, 0.3) is 0 Å². The quantitative estimate of drug-likeness (QED) is 0.413. The zero-order valence-electron chi connectivity index (χ0n) is 17.5. The smallest absolute Gasteiger partial charge is 0.248 e. The van der Waals surface area contributed by atoms with E-state index in [-0.39, 0.29) is 5.91 Å². The highest BCUT2D eigenvalue weighted by atomic mass is 35.5. The maximum atomic E-state index is 13.2. The molecule has 1 aromatic heterocycles. The lowest BCUT2D eigenvalue weighted by Crippen LogP contribution is -2.25. The van der Waals surface area contributed by atoms with Crippen molar-refractivity contribution < 1.29 is 4.79 Å². The van der Waals surface area contributed by atoms with Gasteiger partial charge in [-0.3, -0.25) is 9.48 Å². The molecule has 0 fully saturated rings. The number of carbonyl (C=O) groups is 1. The van der Waals surface area contributed by atoms with Crippen LogP contribution in [-0.4, -0.2) is 15.7 Å². The lowest BCUT2D eigenvalue weighted by molar-refractivity contribution is -0.119. The molecule has 0 unspecified atom stereocenters. The Labute approximate surface area is 181 Å². The second kappa shape index (κ2) is 7.96. The van der Waals surface area contributed by atoms with E-state index >= 15 is 0 Å². The van der Waals surface area contributed by atoms with E-state index in [1.807, 2.05) is 69.3 Å². The number of amides is 1. The maximum absolute atomic E-state index is 13.2. The van der Waals surface area contributed by atoms with Gasteiger partial charge in [-0.2, -0.15) is 5.10 Å². The Hall–Kier alpha value is -3.11. The van der Waals surface area contributed by atoms with Crippen LogP contribution >= 0.6 is 11.6 Å². The molecule has 0 spiro atoms. The van der Waals surface area contributed by atoms with E-state index in [1.165, 1.54) is 5.56 Å². The highest BCUT2D eigenvalue weighted by Gasteiger charge is 2.22. The molecular formula is C25H24ClN3O. The van der Waals surface area contributed by atoms with Crippen molar-refractivity contribution in [2.24, 2.45) is 0 Å². The minimum absolute atomic E-state index is 0.107. The molecule has 0 aliphatic carbocycles. The third-order valence-electron chi connectivity index (χ3n) is 5.39. The van der Waals surface area contributed by atoms with E-state index in [0.717, 1.165) is 39.0 Å². The normalized spacial score (nSPS) is 12.2. The number of aryl methyl sites for hydroxylation is 3. The monoisotopic (exact) mass is 417 g/mol. The van der Waals surface area contributed by atoms with Gasteiger partial charge in [0.15, 0.2) is 0 Å². The molecule has 4 rings (SSSR count). The number of rotatable bonds is 4. The molecule has 0 radical (unpaired) electrons. The zero-order chi connectivity index (χ0) is 21.4. The van der Waals surface area contributed by atoms with Crippen molar-refractivity contribution >= 4 is 34.1 Å². The summed E-state index contributed by atoms with van der Waals surface area (Å²) in [6, 6.07) is 19.3. The van der Waals surface area contributed by atoms with Crippen LogP contribution in [0.5, 0.6) is 0 Å². The minimum atomic E-state index is -0.494. The van der Waals surface area contributed by atoms with Crippen LogP contribution in [0, 0.1) is 20.8 Å². The second-order valence-electron chi connectivity index (χ2n) is 7.76. The van der Waals surface area contributed by atoms with E-state index in [9.17, 15) is 4.79 Å². The minimum Gasteiger partial charge on any atom is -0.324 e. The van der Waals surface area contributed by atoms with Gasteiger partial charge in [0.05, 0.1) is 5.52 Å². The lowest BCUT2D eigenvalue weighted by Gasteiger charge is -2.17. The zero-order valence-corrected chi connectivity index (χ0v) is 18.3. The highest BCUT2D eigenvalue weighted by molar-refractivity contribution is 6.31. The summed E-state index contributed by atoms with van der Waals surface area (Å²) in [5, 5.41) is 9.49. The standard InChI is InChI=1S/C25H24ClN3O/c1-15-12-16(2)23(17(3)13-15)27-25(30)18(4)29-22-11-10-20(26)14-21(22)24(28-29)19-8-6-5-7-9-19/h5-14,18H,1-4H3,(H,27,30)/t18-/m0/s1. The first kappa shape index (κ1) is 20.2. The van der Waals surface area contributed by atoms with Gasteiger partial charge in [0.2, 0.25) is 5.91 Å². The van der Waals surface area contributed by atoms with Gasteiger partial charge in [0, 0.05) is 21.7 Å². The molecule has 0 saturated carbocycles. The van der Waals surface area contributed by atoms with Crippen molar-refractivity contribution in [2.45, 2.75) is 33.7 Å². The van der Waals surface area contributed by atoms with Crippen LogP contribution < -0.4 is 5.32 Å². The van der Waals surface area contributed by atoms with Crippen molar-refractivity contribution in [3.8, 4) is 11.3 Å². The number of halogens is 1. The van der Waals surface area contributed by atoms with Crippen LogP contribution in [0.3, 0.4) is 0 Å². The molecule has 0 bridgehead atoms. The fourth-order valence-corrected chi connectivity index (χ4v) is 4.11. The van der Waals surface area contributed by atoms with Gasteiger partial charge in [0.1, 0.15) is 11.7 Å². The Morgan fingerprint density at radius 3 is 2.33 bits per heavy atom. The Morgan fingerprint density at radius 2 is 1.67 bits per heavy atom. The lowest BCUT2D eigenvalue weighted by atomic mass is 10.0.